The first-order chi connectivity index (χ1) is 15.1. The molecule has 1 aliphatic rings. The van der Waals surface area contributed by atoms with Crippen LogP contribution in [0.3, 0.4) is 0 Å². The first-order valence-electron chi connectivity index (χ1n) is 10.5. The molecule has 2 heterocycles. The van der Waals surface area contributed by atoms with E-state index in [-0.39, 0.29) is 36.6 Å². The standard InChI is InChI=1S/C24H25FN2O3S/c25-18-11-9-17(10-12-18)23(24(29)26-19-5-1-2-6-19)27(16-20-7-3-13-30-20)22(28)15-21-8-4-14-31-21/h3-4,7-14,19,23H,1-2,5-6,15-16H2,(H,26,29)/t23-/m1/s1. The number of benzene rings is 1. The molecule has 0 radical (unpaired) electrons. The summed E-state index contributed by atoms with van der Waals surface area (Å²) >= 11 is 1.50. The predicted molar refractivity (Wildman–Crippen MR) is 117 cm³/mol. The van der Waals surface area contributed by atoms with E-state index in [0.717, 1.165) is 30.6 Å². The first kappa shape index (κ1) is 21.3. The molecule has 31 heavy (non-hydrogen) atoms. The summed E-state index contributed by atoms with van der Waals surface area (Å²) in [6.45, 7) is 0.150. The number of hydrogen-bond acceptors (Lipinski definition) is 4. The Labute approximate surface area is 184 Å². The third kappa shape index (κ3) is 5.41. The second-order valence-corrected chi connectivity index (χ2v) is 8.83. The summed E-state index contributed by atoms with van der Waals surface area (Å²) in [5.74, 6) is -0.235. The Morgan fingerprint density at radius 3 is 2.55 bits per heavy atom. The highest BCUT2D eigenvalue weighted by atomic mass is 32.1. The molecule has 162 valence electrons. The Morgan fingerprint density at radius 1 is 1.13 bits per heavy atom. The number of hydrogen-bond donors (Lipinski definition) is 1. The Bertz CT molecular complexity index is 981. The highest BCUT2D eigenvalue weighted by molar-refractivity contribution is 7.10. The maximum atomic E-state index is 13.6. The van der Waals surface area contributed by atoms with E-state index in [2.05, 4.69) is 5.32 Å². The summed E-state index contributed by atoms with van der Waals surface area (Å²) in [6.07, 6.45) is 5.76. The molecular weight excluding hydrogens is 415 g/mol. The van der Waals surface area contributed by atoms with Gasteiger partial charge in [-0.15, -0.1) is 11.3 Å². The molecule has 5 nitrogen and oxygen atoms in total. The number of amides is 2. The van der Waals surface area contributed by atoms with Gasteiger partial charge in [-0.25, -0.2) is 4.39 Å². The fourth-order valence-corrected chi connectivity index (χ4v) is 4.72. The molecule has 3 aromatic rings. The summed E-state index contributed by atoms with van der Waals surface area (Å²) in [6, 6.07) is 12.3. The van der Waals surface area contributed by atoms with Crippen LogP contribution in [-0.4, -0.2) is 22.8 Å². The lowest BCUT2D eigenvalue weighted by atomic mass is 10.0. The van der Waals surface area contributed by atoms with Gasteiger partial charge in [0.25, 0.3) is 0 Å². The van der Waals surface area contributed by atoms with E-state index >= 15 is 0 Å². The van der Waals surface area contributed by atoms with Crippen molar-refractivity contribution in [2.24, 2.45) is 0 Å². The van der Waals surface area contributed by atoms with Crippen molar-refractivity contribution < 1.29 is 18.4 Å². The van der Waals surface area contributed by atoms with Crippen LogP contribution in [0.4, 0.5) is 4.39 Å². The highest BCUT2D eigenvalue weighted by Crippen LogP contribution is 2.27. The van der Waals surface area contributed by atoms with Crippen molar-refractivity contribution in [3.8, 4) is 0 Å². The maximum absolute atomic E-state index is 13.6. The van der Waals surface area contributed by atoms with E-state index in [9.17, 15) is 14.0 Å². The van der Waals surface area contributed by atoms with Crippen LogP contribution in [-0.2, 0) is 22.6 Å². The molecule has 7 heteroatoms. The number of rotatable bonds is 8. The molecule has 4 rings (SSSR count). The lowest BCUT2D eigenvalue weighted by molar-refractivity contribution is -0.141. The second kappa shape index (κ2) is 9.92. The van der Waals surface area contributed by atoms with Crippen molar-refractivity contribution in [1.82, 2.24) is 10.2 Å². The van der Waals surface area contributed by atoms with E-state index in [1.165, 1.54) is 28.4 Å². The molecule has 1 aromatic carbocycles. The molecular formula is C24H25FN2O3S. The minimum atomic E-state index is -0.876. The van der Waals surface area contributed by atoms with Crippen LogP contribution in [0.5, 0.6) is 0 Å². The van der Waals surface area contributed by atoms with Gasteiger partial charge >= 0.3 is 0 Å². The van der Waals surface area contributed by atoms with Crippen molar-refractivity contribution in [2.45, 2.75) is 50.7 Å². The van der Waals surface area contributed by atoms with E-state index < -0.39 is 6.04 Å². The quantitative estimate of drug-likeness (QED) is 0.545. The molecule has 2 amide bonds. The molecule has 0 spiro atoms. The number of thiophene rings is 1. The fraction of sp³-hybridized carbons (Fsp3) is 0.333. The molecule has 0 bridgehead atoms. The van der Waals surface area contributed by atoms with Crippen molar-refractivity contribution in [1.29, 1.82) is 0 Å². The van der Waals surface area contributed by atoms with Crippen molar-refractivity contribution >= 4 is 23.2 Å². The average Bonchev–Trinajstić information content (AvgIpc) is 3.53. The molecule has 0 aliphatic heterocycles. The van der Waals surface area contributed by atoms with Crippen molar-refractivity contribution in [3.05, 3.63) is 82.2 Å². The van der Waals surface area contributed by atoms with Crippen LogP contribution in [0, 0.1) is 5.82 Å². The average molecular weight is 441 g/mol. The Morgan fingerprint density at radius 2 is 1.90 bits per heavy atom. The van der Waals surface area contributed by atoms with Crippen LogP contribution in [0.1, 0.15) is 47.9 Å². The molecule has 2 aromatic heterocycles. The van der Waals surface area contributed by atoms with Crippen LogP contribution in [0.2, 0.25) is 0 Å². The maximum Gasteiger partial charge on any atom is 0.247 e. The van der Waals surface area contributed by atoms with Gasteiger partial charge in [-0.1, -0.05) is 31.0 Å². The zero-order valence-electron chi connectivity index (χ0n) is 17.1. The predicted octanol–water partition coefficient (Wildman–Crippen LogP) is 4.85. The van der Waals surface area contributed by atoms with Crippen LogP contribution < -0.4 is 5.32 Å². The van der Waals surface area contributed by atoms with Gasteiger partial charge in [0.2, 0.25) is 11.8 Å². The summed E-state index contributed by atoms with van der Waals surface area (Å²) in [4.78, 5) is 29.3. The highest BCUT2D eigenvalue weighted by Gasteiger charge is 2.33. The topological polar surface area (TPSA) is 62.6 Å². The van der Waals surface area contributed by atoms with Gasteiger partial charge in [0.15, 0.2) is 0 Å². The lowest BCUT2D eigenvalue weighted by Gasteiger charge is -2.31. The summed E-state index contributed by atoms with van der Waals surface area (Å²) in [5, 5.41) is 5.03. The number of nitrogens with zero attached hydrogens (tertiary/aromatic N) is 1. The molecule has 1 fully saturated rings. The van der Waals surface area contributed by atoms with Gasteiger partial charge in [-0.05, 0) is 54.1 Å². The van der Waals surface area contributed by atoms with Crippen molar-refractivity contribution in [3.63, 3.8) is 0 Å². The van der Waals surface area contributed by atoms with E-state index in [4.69, 9.17) is 4.42 Å². The second-order valence-electron chi connectivity index (χ2n) is 7.80. The molecule has 1 N–H and O–H groups in total. The monoisotopic (exact) mass is 440 g/mol. The first-order valence-corrected chi connectivity index (χ1v) is 11.4. The normalized spacial score (nSPS) is 15.0. The third-order valence-corrected chi connectivity index (χ3v) is 6.46. The van der Waals surface area contributed by atoms with Gasteiger partial charge in [0.05, 0.1) is 19.2 Å². The molecule has 1 atom stereocenters. The number of carbonyl (C=O) groups excluding carboxylic acids is 2. The number of nitrogens with one attached hydrogen (secondary N) is 1. The molecule has 0 unspecified atom stereocenters. The van der Waals surface area contributed by atoms with Crippen LogP contribution >= 0.6 is 11.3 Å². The lowest BCUT2D eigenvalue weighted by Crippen LogP contribution is -2.46. The zero-order chi connectivity index (χ0) is 21.6. The van der Waals surface area contributed by atoms with Gasteiger partial charge in [0, 0.05) is 10.9 Å². The summed E-state index contributed by atoms with van der Waals surface area (Å²) < 4.78 is 19.1. The van der Waals surface area contributed by atoms with E-state index in [1.807, 2.05) is 17.5 Å². The third-order valence-electron chi connectivity index (χ3n) is 5.58. The van der Waals surface area contributed by atoms with Crippen molar-refractivity contribution in [2.75, 3.05) is 0 Å². The summed E-state index contributed by atoms with van der Waals surface area (Å²) in [7, 11) is 0. The smallest absolute Gasteiger partial charge is 0.247 e. The molecule has 1 saturated carbocycles. The van der Waals surface area contributed by atoms with Crippen LogP contribution in [0.15, 0.2) is 64.6 Å². The van der Waals surface area contributed by atoms with E-state index in [0.29, 0.717) is 11.3 Å². The van der Waals surface area contributed by atoms with E-state index in [1.54, 1.807) is 30.5 Å². The summed E-state index contributed by atoms with van der Waals surface area (Å²) in [5.41, 5.74) is 0.572. The molecule has 0 saturated heterocycles. The van der Waals surface area contributed by atoms with Gasteiger partial charge in [-0.3, -0.25) is 9.59 Å². The Kier molecular flexibility index (Phi) is 6.82. The minimum absolute atomic E-state index is 0.105. The van der Waals surface area contributed by atoms with Crippen LogP contribution in [0.25, 0.3) is 0 Å². The Hall–Kier alpha value is -2.93. The van der Waals surface area contributed by atoms with Gasteiger partial charge in [-0.2, -0.15) is 0 Å². The number of halogens is 1. The zero-order valence-corrected chi connectivity index (χ0v) is 17.9. The SMILES string of the molecule is O=C(NC1CCCC1)[C@@H](c1ccc(F)cc1)N(Cc1ccco1)C(=O)Cc1cccs1. The number of carbonyl (C=O) groups is 2. The fourth-order valence-electron chi connectivity index (χ4n) is 4.03. The Balaban J connectivity index is 1.67. The molecule has 1 aliphatic carbocycles. The number of furan rings is 1. The minimum Gasteiger partial charge on any atom is -0.467 e. The van der Waals surface area contributed by atoms with Gasteiger partial charge in [0.1, 0.15) is 17.6 Å². The van der Waals surface area contributed by atoms with Gasteiger partial charge < -0.3 is 14.6 Å². The largest absolute Gasteiger partial charge is 0.467 e.